The van der Waals surface area contributed by atoms with E-state index >= 15 is 0 Å². The molecule has 9 heteroatoms. The second kappa shape index (κ2) is 7.47. The summed E-state index contributed by atoms with van der Waals surface area (Å²) in [5.74, 6) is -0.0100. The number of rotatable bonds is 5. The lowest BCUT2D eigenvalue weighted by Crippen LogP contribution is -2.14. The molecule has 1 amide bonds. The van der Waals surface area contributed by atoms with Crippen molar-refractivity contribution in [3.8, 4) is 0 Å². The van der Waals surface area contributed by atoms with Gasteiger partial charge in [-0.05, 0) is 24.6 Å². The van der Waals surface area contributed by atoms with Crippen molar-refractivity contribution in [2.24, 2.45) is 0 Å². The first kappa shape index (κ1) is 17.8. The molecule has 1 aromatic carbocycles. The number of anilines is 1. The van der Waals surface area contributed by atoms with Gasteiger partial charge in [0.15, 0.2) is 11.5 Å². The number of carbonyl (C=O) groups is 1. The van der Waals surface area contributed by atoms with E-state index in [0.29, 0.717) is 34.0 Å². The lowest BCUT2D eigenvalue weighted by Gasteiger charge is -2.05. The molecule has 3 rings (SSSR count). The van der Waals surface area contributed by atoms with Gasteiger partial charge in [-0.25, -0.2) is 0 Å². The van der Waals surface area contributed by atoms with Gasteiger partial charge in [0.1, 0.15) is 0 Å². The molecular formula is C16H14Cl3N5O. The Labute approximate surface area is 159 Å². The third-order valence-electron chi connectivity index (χ3n) is 3.49. The van der Waals surface area contributed by atoms with Crippen LogP contribution >= 0.6 is 34.8 Å². The second-order valence-corrected chi connectivity index (χ2v) is 6.52. The minimum atomic E-state index is -0.410. The van der Waals surface area contributed by atoms with Crippen molar-refractivity contribution in [3.63, 3.8) is 0 Å². The fraction of sp³-hybridized carbons (Fsp3) is 0.188. The van der Waals surface area contributed by atoms with Crippen molar-refractivity contribution >= 4 is 46.5 Å². The van der Waals surface area contributed by atoms with Crippen molar-refractivity contribution in [1.29, 1.82) is 0 Å². The topological polar surface area (TPSA) is 64.7 Å². The Morgan fingerprint density at radius 3 is 2.60 bits per heavy atom. The normalized spacial score (nSPS) is 10.9. The van der Waals surface area contributed by atoms with E-state index in [0.717, 1.165) is 5.56 Å². The monoisotopic (exact) mass is 397 g/mol. The molecule has 0 aliphatic rings. The van der Waals surface area contributed by atoms with Gasteiger partial charge in [-0.1, -0.05) is 40.9 Å². The maximum absolute atomic E-state index is 12.3. The number of aromatic nitrogens is 4. The highest BCUT2D eigenvalue weighted by Gasteiger charge is 2.16. The number of carbonyl (C=O) groups excluding carboxylic acids is 1. The van der Waals surface area contributed by atoms with Crippen molar-refractivity contribution in [3.05, 3.63) is 63.0 Å². The molecule has 0 radical (unpaired) electrons. The van der Waals surface area contributed by atoms with Crippen molar-refractivity contribution in [2.75, 3.05) is 5.32 Å². The molecule has 1 N–H and O–H groups in total. The number of nitrogens with one attached hydrogen (secondary N) is 1. The minimum absolute atomic E-state index is 0.166. The van der Waals surface area contributed by atoms with Crippen LogP contribution in [-0.4, -0.2) is 25.5 Å². The SMILES string of the molecule is CCn1cc(Cl)c(C(=O)Nc2ccn(Cc3ccc(Cl)cc3Cl)n2)n1. The van der Waals surface area contributed by atoms with E-state index in [-0.39, 0.29) is 5.69 Å². The number of benzene rings is 1. The Bertz CT molecular complexity index is 918. The average molecular weight is 399 g/mol. The van der Waals surface area contributed by atoms with E-state index in [9.17, 15) is 4.79 Å². The molecule has 0 atom stereocenters. The number of hydrogen-bond donors (Lipinski definition) is 1. The van der Waals surface area contributed by atoms with E-state index in [1.165, 1.54) is 0 Å². The largest absolute Gasteiger partial charge is 0.304 e. The van der Waals surface area contributed by atoms with E-state index in [1.807, 2.05) is 13.0 Å². The van der Waals surface area contributed by atoms with E-state index in [4.69, 9.17) is 34.8 Å². The number of nitrogens with zero attached hydrogens (tertiary/aromatic N) is 4. The fourth-order valence-electron chi connectivity index (χ4n) is 2.23. The highest BCUT2D eigenvalue weighted by molar-refractivity contribution is 6.35. The maximum Gasteiger partial charge on any atom is 0.278 e. The van der Waals surface area contributed by atoms with E-state index < -0.39 is 5.91 Å². The van der Waals surface area contributed by atoms with Crippen molar-refractivity contribution < 1.29 is 4.79 Å². The molecule has 0 unspecified atom stereocenters. The molecule has 3 aromatic rings. The lowest BCUT2D eigenvalue weighted by atomic mass is 10.2. The summed E-state index contributed by atoms with van der Waals surface area (Å²) in [4.78, 5) is 12.3. The molecule has 6 nitrogen and oxygen atoms in total. The first-order valence-corrected chi connectivity index (χ1v) is 8.61. The zero-order valence-corrected chi connectivity index (χ0v) is 15.5. The minimum Gasteiger partial charge on any atom is -0.304 e. The number of halogens is 3. The molecule has 0 saturated carbocycles. The zero-order valence-electron chi connectivity index (χ0n) is 13.2. The molecule has 0 saturated heterocycles. The Morgan fingerprint density at radius 2 is 1.92 bits per heavy atom. The van der Waals surface area contributed by atoms with Gasteiger partial charge in [0.2, 0.25) is 0 Å². The molecular weight excluding hydrogens is 385 g/mol. The summed E-state index contributed by atoms with van der Waals surface area (Å²) < 4.78 is 3.26. The molecule has 2 heterocycles. The summed E-state index contributed by atoms with van der Waals surface area (Å²) in [6, 6.07) is 6.96. The van der Waals surface area contributed by atoms with Crippen molar-refractivity contribution in [2.45, 2.75) is 20.0 Å². The van der Waals surface area contributed by atoms with Gasteiger partial charge in [-0.15, -0.1) is 0 Å². The summed E-state index contributed by atoms with van der Waals surface area (Å²) in [7, 11) is 0. The van der Waals surface area contributed by atoms with Crippen LogP contribution in [0.2, 0.25) is 15.1 Å². The van der Waals surface area contributed by atoms with Gasteiger partial charge in [0.05, 0.1) is 11.6 Å². The standard InChI is InChI=1S/C16H14Cl3N5O/c1-2-23-9-13(19)15(22-23)16(25)20-14-5-6-24(21-14)8-10-3-4-11(17)7-12(10)18/h3-7,9H,2,8H2,1H3,(H,20,21,25). The molecule has 0 aliphatic carbocycles. The van der Waals surface area contributed by atoms with Gasteiger partial charge in [-0.3, -0.25) is 14.2 Å². The smallest absolute Gasteiger partial charge is 0.278 e. The summed E-state index contributed by atoms with van der Waals surface area (Å²) in [5, 5.41) is 12.5. The Kier molecular flexibility index (Phi) is 5.32. The predicted molar refractivity (Wildman–Crippen MR) is 98.7 cm³/mol. The van der Waals surface area contributed by atoms with Crippen LogP contribution in [0.25, 0.3) is 0 Å². The summed E-state index contributed by atoms with van der Waals surface area (Å²) in [6.45, 7) is 3.00. The van der Waals surface area contributed by atoms with Crippen LogP contribution < -0.4 is 5.32 Å². The van der Waals surface area contributed by atoms with Crippen LogP contribution in [0.5, 0.6) is 0 Å². The number of aryl methyl sites for hydroxylation is 1. The molecule has 25 heavy (non-hydrogen) atoms. The molecule has 0 spiro atoms. The third-order valence-corrected chi connectivity index (χ3v) is 4.35. The first-order chi connectivity index (χ1) is 12.0. The van der Waals surface area contributed by atoms with Crippen LogP contribution in [0.4, 0.5) is 5.82 Å². The quantitative estimate of drug-likeness (QED) is 0.694. The van der Waals surface area contributed by atoms with Gasteiger partial charge < -0.3 is 5.32 Å². The maximum atomic E-state index is 12.3. The van der Waals surface area contributed by atoms with Crippen LogP contribution in [-0.2, 0) is 13.1 Å². The van der Waals surface area contributed by atoms with Gasteiger partial charge in [0, 0.05) is 35.1 Å². The average Bonchev–Trinajstić information content (AvgIpc) is 3.16. The van der Waals surface area contributed by atoms with Gasteiger partial charge >= 0.3 is 0 Å². The summed E-state index contributed by atoms with van der Waals surface area (Å²) in [6.07, 6.45) is 3.35. The lowest BCUT2D eigenvalue weighted by molar-refractivity contribution is 0.102. The Balaban J connectivity index is 1.70. The predicted octanol–water partition coefficient (Wildman–Crippen LogP) is 4.36. The van der Waals surface area contributed by atoms with Gasteiger partial charge in [-0.2, -0.15) is 10.2 Å². The van der Waals surface area contributed by atoms with E-state index in [1.54, 1.807) is 40.0 Å². The number of hydrogen-bond acceptors (Lipinski definition) is 3. The van der Waals surface area contributed by atoms with E-state index in [2.05, 4.69) is 15.5 Å². The summed E-state index contributed by atoms with van der Waals surface area (Å²) >= 11 is 18.1. The highest BCUT2D eigenvalue weighted by atomic mass is 35.5. The highest BCUT2D eigenvalue weighted by Crippen LogP contribution is 2.22. The molecule has 2 aromatic heterocycles. The zero-order chi connectivity index (χ0) is 18.0. The van der Waals surface area contributed by atoms with Gasteiger partial charge in [0.25, 0.3) is 5.91 Å². The fourth-order valence-corrected chi connectivity index (χ4v) is 2.93. The molecule has 0 bridgehead atoms. The molecule has 0 aliphatic heterocycles. The van der Waals surface area contributed by atoms with Crippen LogP contribution in [0.3, 0.4) is 0 Å². The van der Waals surface area contributed by atoms with Crippen LogP contribution in [0.15, 0.2) is 36.7 Å². The first-order valence-electron chi connectivity index (χ1n) is 7.48. The third kappa shape index (κ3) is 4.15. The summed E-state index contributed by atoms with van der Waals surface area (Å²) in [5.41, 5.74) is 1.04. The Morgan fingerprint density at radius 1 is 1.12 bits per heavy atom. The molecule has 0 fully saturated rings. The van der Waals surface area contributed by atoms with Crippen LogP contribution in [0.1, 0.15) is 23.0 Å². The molecule has 130 valence electrons. The second-order valence-electron chi connectivity index (χ2n) is 5.27. The van der Waals surface area contributed by atoms with Crippen molar-refractivity contribution in [1.82, 2.24) is 19.6 Å². The Hall–Kier alpha value is -2.02. The number of amides is 1. The van der Waals surface area contributed by atoms with Crippen LogP contribution in [0, 0.1) is 0 Å².